The standard InChI is InChI=1S/C21H19FN2OS/c22-16-11-9-14(10-12-16)19(25)6-3-13-26-21-17-4-1-2-5-18(17)23-20(24-21)15-7-8-15/h1-2,4-5,9-12,15H,3,6-8,13H2. The van der Waals surface area contributed by atoms with E-state index < -0.39 is 0 Å². The Morgan fingerprint density at radius 1 is 1.08 bits per heavy atom. The molecular formula is C21H19FN2OS. The summed E-state index contributed by atoms with van der Waals surface area (Å²) in [7, 11) is 0. The molecule has 3 aromatic rings. The number of hydrogen-bond donors (Lipinski definition) is 0. The van der Waals surface area contributed by atoms with Crippen LogP contribution in [0.25, 0.3) is 10.9 Å². The number of carbonyl (C=O) groups excluding carboxylic acids is 1. The van der Waals surface area contributed by atoms with Gasteiger partial charge in [0.2, 0.25) is 0 Å². The van der Waals surface area contributed by atoms with Crippen LogP contribution in [0.15, 0.2) is 53.6 Å². The summed E-state index contributed by atoms with van der Waals surface area (Å²) in [4.78, 5) is 21.6. The second-order valence-corrected chi connectivity index (χ2v) is 7.64. The van der Waals surface area contributed by atoms with E-state index in [1.807, 2.05) is 18.2 Å². The highest BCUT2D eigenvalue weighted by atomic mass is 32.2. The molecule has 2 aromatic carbocycles. The molecule has 0 radical (unpaired) electrons. The summed E-state index contributed by atoms with van der Waals surface area (Å²) in [6.07, 6.45) is 3.57. The third kappa shape index (κ3) is 3.93. The lowest BCUT2D eigenvalue weighted by Gasteiger charge is -2.08. The smallest absolute Gasteiger partial charge is 0.162 e. The molecule has 1 aliphatic rings. The Balaban J connectivity index is 1.40. The summed E-state index contributed by atoms with van der Waals surface area (Å²) in [6.45, 7) is 0. The van der Waals surface area contributed by atoms with Gasteiger partial charge in [0.1, 0.15) is 16.7 Å². The fourth-order valence-corrected chi connectivity index (χ4v) is 3.85. The van der Waals surface area contributed by atoms with E-state index in [0.29, 0.717) is 17.9 Å². The Morgan fingerprint density at radius 2 is 1.85 bits per heavy atom. The molecule has 0 bridgehead atoms. The Labute approximate surface area is 156 Å². The van der Waals surface area contributed by atoms with Crippen molar-refractivity contribution in [3.63, 3.8) is 0 Å². The molecule has 1 aliphatic carbocycles. The average Bonchev–Trinajstić information content (AvgIpc) is 3.50. The van der Waals surface area contributed by atoms with Crippen molar-refractivity contribution in [1.82, 2.24) is 9.97 Å². The molecule has 0 atom stereocenters. The first-order chi connectivity index (χ1) is 12.7. The number of halogens is 1. The molecule has 1 aromatic heterocycles. The Morgan fingerprint density at radius 3 is 2.62 bits per heavy atom. The number of aromatic nitrogens is 2. The first-order valence-electron chi connectivity index (χ1n) is 8.89. The van der Waals surface area contributed by atoms with E-state index in [0.717, 1.165) is 33.9 Å². The number of fused-ring (bicyclic) bond motifs is 1. The van der Waals surface area contributed by atoms with E-state index in [2.05, 4.69) is 6.07 Å². The van der Waals surface area contributed by atoms with Crippen LogP contribution in [-0.2, 0) is 0 Å². The highest BCUT2D eigenvalue weighted by molar-refractivity contribution is 7.99. The van der Waals surface area contributed by atoms with Crippen molar-refractivity contribution in [2.24, 2.45) is 0 Å². The van der Waals surface area contributed by atoms with Gasteiger partial charge in [0.05, 0.1) is 5.52 Å². The Hall–Kier alpha value is -2.27. The largest absolute Gasteiger partial charge is 0.294 e. The second-order valence-electron chi connectivity index (χ2n) is 6.56. The van der Waals surface area contributed by atoms with Crippen LogP contribution >= 0.6 is 11.8 Å². The van der Waals surface area contributed by atoms with Crippen molar-refractivity contribution in [3.8, 4) is 0 Å². The maximum atomic E-state index is 12.9. The van der Waals surface area contributed by atoms with Crippen LogP contribution in [0.4, 0.5) is 4.39 Å². The molecule has 3 nitrogen and oxygen atoms in total. The average molecular weight is 366 g/mol. The van der Waals surface area contributed by atoms with Crippen molar-refractivity contribution in [3.05, 3.63) is 65.7 Å². The highest BCUT2D eigenvalue weighted by Gasteiger charge is 2.27. The quantitative estimate of drug-likeness (QED) is 0.243. The molecule has 26 heavy (non-hydrogen) atoms. The van der Waals surface area contributed by atoms with Crippen molar-refractivity contribution in [2.45, 2.75) is 36.6 Å². The third-order valence-corrected chi connectivity index (χ3v) is 5.56. The summed E-state index contributed by atoms with van der Waals surface area (Å²) in [5.74, 6) is 2.02. The van der Waals surface area contributed by atoms with E-state index in [1.165, 1.54) is 25.0 Å². The monoisotopic (exact) mass is 366 g/mol. The predicted octanol–water partition coefficient (Wildman–Crippen LogP) is 5.40. The lowest BCUT2D eigenvalue weighted by Crippen LogP contribution is -2.00. The summed E-state index contributed by atoms with van der Waals surface area (Å²) in [5.41, 5.74) is 1.56. The van der Waals surface area contributed by atoms with E-state index in [-0.39, 0.29) is 11.6 Å². The van der Waals surface area contributed by atoms with Crippen molar-refractivity contribution in [1.29, 1.82) is 0 Å². The van der Waals surface area contributed by atoms with Crippen LogP contribution in [0.2, 0.25) is 0 Å². The van der Waals surface area contributed by atoms with E-state index in [4.69, 9.17) is 9.97 Å². The van der Waals surface area contributed by atoms with Crippen LogP contribution in [0, 0.1) is 5.82 Å². The molecule has 5 heteroatoms. The molecule has 0 amide bonds. The first-order valence-corrected chi connectivity index (χ1v) is 9.87. The molecular weight excluding hydrogens is 347 g/mol. The van der Waals surface area contributed by atoms with Crippen molar-refractivity contribution >= 4 is 28.4 Å². The number of para-hydroxylation sites is 1. The van der Waals surface area contributed by atoms with Crippen molar-refractivity contribution in [2.75, 3.05) is 5.75 Å². The van der Waals surface area contributed by atoms with Crippen LogP contribution < -0.4 is 0 Å². The zero-order valence-electron chi connectivity index (χ0n) is 14.3. The van der Waals surface area contributed by atoms with Crippen LogP contribution in [0.3, 0.4) is 0 Å². The fourth-order valence-electron chi connectivity index (χ4n) is 2.88. The van der Waals surface area contributed by atoms with Gasteiger partial charge in [-0.15, -0.1) is 11.8 Å². The minimum Gasteiger partial charge on any atom is -0.294 e. The molecule has 0 saturated heterocycles. The molecule has 1 heterocycles. The lowest BCUT2D eigenvalue weighted by molar-refractivity contribution is 0.0982. The fraction of sp³-hybridized carbons (Fsp3) is 0.286. The maximum Gasteiger partial charge on any atom is 0.162 e. The second kappa shape index (κ2) is 7.54. The topological polar surface area (TPSA) is 42.9 Å². The molecule has 0 N–H and O–H groups in total. The van der Waals surface area contributed by atoms with Crippen LogP contribution in [0.5, 0.6) is 0 Å². The number of ketones is 1. The number of benzene rings is 2. The third-order valence-electron chi connectivity index (χ3n) is 4.48. The van der Waals surface area contributed by atoms with Gasteiger partial charge in [-0.05, 0) is 55.3 Å². The van der Waals surface area contributed by atoms with Gasteiger partial charge in [0.25, 0.3) is 0 Å². The normalized spacial score (nSPS) is 13.9. The number of hydrogen-bond acceptors (Lipinski definition) is 4. The Bertz CT molecular complexity index is 938. The number of Topliss-reactive ketones (excluding diaryl/α,β-unsaturated/α-hetero) is 1. The number of carbonyl (C=O) groups is 1. The highest BCUT2D eigenvalue weighted by Crippen LogP contribution is 2.39. The molecule has 4 rings (SSSR count). The summed E-state index contributed by atoms with van der Waals surface area (Å²) in [6, 6.07) is 13.8. The van der Waals surface area contributed by atoms with Gasteiger partial charge in [-0.25, -0.2) is 14.4 Å². The van der Waals surface area contributed by atoms with Gasteiger partial charge in [-0.1, -0.05) is 18.2 Å². The lowest BCUT2D eigenvalue weighted by atomic mass is 10.1. The number of nitrogens with zero attached hydrogens (tertiary/aromatic N) is 2. The summed E-state index contributed by atoms with van der Waals surface area (Å²) in [5, 5.41) is 2.08. The van der Waals surface area contributed by atoms with Gasteiger partial charge in [0, 0.05) is 23.3 Å². The van der Waals surface area contributed by atoms with Gasteiger partial charge in [-0.3, -0.25) is 4.79 Å². The molecule has 132 valence electrons. The summed E-state index contributed by atoms with van der Waals surface area (Å²) < 4.78 is 12.9. The Kier molecular flexibility index (Phi) is 4.98. The zero-order valence-corrected chi connectivity index (χ0v) is 15.1. The molecule has 0 aliphatic heterocycles. The predicted molar refractivity (Wildman–Crippen MR) is 102 cm³/mol. The van der Waals surface area contributed by atoms with E-state index in [9.17, 15) is 9.18 Å². The zero-order chi connectivity index (χ0) is 17.9. The number of thioether (sulfide) groups is 1. The molecule has 1 saturated carbocycles. The van der Waals surface area contributed by atoms with E-state index >= 15 is 0 Å². The van der Waals surface area contributed by atoms with Gasteiger partial charge in [-0.2, -0.15) is 0 Å². The number of rotatable bonds is 7. The molecule has 0 spiro atoms. The van der Waals surface area contributed by atoms with Gasteiger partial charge >= 0.3 is 0 Å². The minimum absolute atomic E-state index is 0.0526. The minimum atomic E-state index is -0.320. The molecule has 1 fully saturated rings. The van der Waals surface area contributed by atoms with Gasteiger partial charge < -0.3 is 0 Å². The molecule has 0 unspecified atom stereocenters. The van der Waals surface area contributed by atoms with Crippen molar-refractivity contribution < 1.29 is 9.18 Å². The van der Waals surface area contributed by atoms with E-state index in [1.54, 1.807) is 23.9 Å². The maximum absolute atomic E-state index is 12.9. The van der Waals surface area contributed by atoms with Crippen LogP contribution in [-0.4, -0.2) is 21.5 Å². The van der Waals surface area contributed by atoms with Gasteiger partial charge in [0.15, 0.2) is 5.78 Å². The van der Waals surface area contributed by atoms with Crippen LogP contribution in [0.1, 0.15) is 47.8 Å². The first kappa shape index (κ1) is 17.2. The summed E-state index contributed by atoms with van der Waals surface area (Å²) >= 11 is 1.69. The SMILES string of the molecule is O=C(CCCSc1nc(C2CC2)nc2ccccc12)c1ccc(F)cc1.